The Labute approximate surface area is 118 Å². The summed E-state index contributed by atoms with van der Waals surface area (Å²) in [5, 5.41) is 5.04. The standard InChI is InChI=1S/C12H17N3O3.ClH/c1-2-18-10-6-4-3-5-9(10)15-12(17)8-14-11(16)7-13;/h3-6H,2,7-8,13H2,1H3,(H,14,16)(H,15,17);1H. The number of anilines is 1. The van der Waals surface area contributed by atoms with E-state index in [9.17, 15) is 9.59 Å². The predicted molar refractivity (Wildman–Crippen MR) is 75.6 cm³/mol. The summed E-state index contributed by atoms with van der Waals surface area (Å²) in [6, 6.07) is 7.10. The molecule has 0 aromatic heterocycles. The third kappa shape index (κ3) is 6.08. The summed E-state index contributed by atoms with van der Waals surface area (Å²) in [5.41, 5.74) is 5.69. The summed E-state index contributed by atoms with van der Waals surface area (Å²) < 4.78 is 5.36. The Morgan fingerprint density at radius 1 is 1.26 bits per heavy atom. The summed E-state index contributed by atoms with van der Waals surface area (Å²) in [6.45, 7) is 2.12. The van der Waals surface area contributed by atoms with Crippen LogP contribution < -0.4 is 21.1 Å². The van der Waals surface area contributed by atoms with Crippen molar-refractivity contribution in [2.45, 2.75) is 6.92 Å². The fourth-order valence-corrected chi connectivity index (χ4v) is 1.30. The Bertz CT molecular complexity index is 426. The lowest BCUT2D eigenvalue weighted by Crippen LogP contribution is -2.36. The molecule has 0 radical (unpaired) electrons. The van der Waals surface area contributed by atoms with Crippen molar-refractivity contribution in [3.05, 3.63) is 24.3 Å². The Morgan fingerprint density at radius 3 is 2.58 bits per heavy atom. The van der Waals surface area contributed by atoms with Crippen molar-refractivity contribution in [1.82, 2.24) is 5.32 Å². The number of carbonyl (C=O) groups excluding carboxylic acids is 2. The SMILES string of the molecule is CCOc1ccccc1NC(=O)CNC(=O)CN.Cl. The maximum Gasteiger partial charge on any atom is 0.243 e. The summed E-state index contributed by atoms with van der Waals surface area (Å²) >= 11 is 0. The Morgan fingerprint density at radius 2 is 1.95 bits per heavy atom. The van der Waals surface area contributed by atoms with Gasteiger partial charge >= 0.3 is 0 Å². The highest BCUT2D eigenvalue weighted by atomic mass is 35.5. The number of carbonyl (C=O) groups is 2. The smallest absolute Gasteiger partial charge is 0.243 e. The second kappa shape index (κ2) is 9.18. The van der Waals surface area contributed by atoms with E-state index in [1.54, 1.807) is 18.2 Å². The Balaban J connectivity index is 0.00000324. The van der Waals surface area contributed by atoms with E-state index in [0.717, 1.165) is 0 Å². The summed E-state index contributed by atoms with van der Waals surface area (Å²) in [5.74, 6) is -0.106. The van der Waals surface area contributed by atoms with Crippen LogP contribution in [-0.2, 0) is 9.59 Å². The molecule has 0 heterocycles. The van der Waals surface area contributed by atoms with Crippen molar-refractivity contribution >= 4 is 29.9 Å². The highest BCUT2D eigenvalue weighted by molar-refractivity contribution is 5.95. The van der Waals surface area contributed by atoms with Crippen LogP contribution >= 0.6 is 12.4 Å². The predicted octanol–water partition coefficient (Wildman–Crippen LogP) is 0.520. The maximum absolute atomic E-state index is 11.6. The van der Waals surface area contributed by atoms with Gasteiger partial charge in [-0.3, -0.25) is 9.59 Å². The van der Waals surface area contributed by atoms with Gasteiger partial charge in [0.1, 0.15) is 5.75 Å². The van der Waals surface area contributed by atoms with Crippen LogP contribution in [-0.4, -0.2) is 31.5 Å². The zero-order chi connectivity index (χ0) is 13.4. The van der Waals surface area contributed by atoms with Gasteiger partial charge in [0, 0.05) is 0 Å². The van der Waals surface area contributed by atoms with Gasteiger partial charge in [0.15, 0.2) is 0 Å². The summed E-state index contributed by atoms with van der Waals surface area (Å²) in [7, 11) is 0. The fraction of sp³-hybridized carbons (Fsp3) is 0.333. The molecule has 7 heteroatoms. The van der Waals surface area contributed by atoms with Crippen LogP contribution in [0.2, 0.25) is 0 Å². The third-order valence-corrected chi connectivity index (χ3v) is 2.09. The van der Waals surface area contributed by atoms with Gasteiger partial charge in [-0.25, -0.2) is 0 Å². The van der Waals surface area contributed by atoms with Crippen LogP contribution in [0, 0.1) is 0 Å². The number of para-hydroxylation sites is 2. The molecule has 1 aromatic rings. The van der Waals surface area contributed by atoms with Gasteiger partial charge < -0.3 is 21.1 Å². The molecule has 2 amide bonds. The lowest BCUT2D eigenvalue weighted by Gasteiger charge is -2.11. The molecule has 0 aliphatic heterocycles. The number of hydrogen-bond donors (Lipinski definition) is 3. The maximum atomic E-state index is 11.6. The van der Waals surface area contributed by atoms with Crippen molar-refractivity contribution in [2.75, 3.05) is 25.0 Å². The second-order valence-corrected chi connectivity index (χ2v) is 3.46. The number of nitrogens with one attached hydrogen (secondary N) is 2. The van der Waals surface area contributed by atoms with Crippen molar-refractivity contribution in [1.29, 1.82) is 0 Å². The highest BCUT2D eigenvalue weighted by Crippen LogP contribution is 2.23. The Kier molecular flexibility index (Phi) is 8.32. The molecule has 106 valence electrons. The summed E-state index contributed by atoms with van der Waals surface area (Å²) in [6.07, 6.45) is 0. The molecule has 0 fully saturated rings. The van der Waals surface area contributed by atoms with Crippen molar-refractivity contribution in [3.63, 3.8) is 0 Å². The van der Waals surface area contributed by atoms with Gasteiger partial charge in [-0.2, -0.15) is 0 Å². The minimum absolute atomic E-state index is 0. The molecule has 0 atom stereocenters. The highest BCUT2D eigenvalue weighted by Gasteiger charge is 2.07. The average Bonchev–Trinajstić information content (AvgIpc) is 2.38. The third-order valence-electron chi connectivity index (χ3n) is 2.09. The molecule has 0 saturated carbocycles. The van der Waals surface area contributed by atoms with Crippen LogP contribution in [0.25, 0.3) is 0 Å². The van der Waals surface area contributed by atoms with Gasteiger partial charge in [-0.1, -0.05) is 12.1 Å². The number of rotatable bonds is 6. The van der Waals surface area contributed by atoms with Crippen molar-refractivity contribution in [3.8, 4) is 5.75 Å². The van der Waals surface area contributed by atoms with Crippen LogP contribution in [0.5, 0.6) is 5.75 Å². The number of halogens is 1. The van der Waals surface area contributed by atoms with Crippen molar-refractivity contribution in [2.24, 2.45) is 5.73 Å². The lowest BCUT2D eigenvalue weighted by molar-refractivity contribution is -0.123. The molecular weight excluding hydrogens is 270 g/mol. The summed E-state index contributed by atoms with van der Waals surface area (Å²) in [4.78, 5) is 22.5. The van der Waals surface area contributed by atoms with Gasteiger partial charge in [0.2, 0.25) is 11.8 Å². The van der Waals surface area contributed by atoms with Crippen molar-refractivity contribution < 1.29 is 14.3 Å². The number of nitrogens with two attached hydrogens (primary N) is 1. The molecular formula is C12H18ClN3O3. The van der Waals surface area contributed by atoms with E-state index in [4.69, 9.17) is 10.5 Å². The minimum Gasteiger partial charge on any atom is -0.492 e. The monoisotopic (exact) mass is 287 g/mol. The topological polar surface area (TPSA) is 93.5 Å². The van der Waals surface area contributed by atoms with Crippen LogP contribution in [0.1, 0.15) is 6.92 Å². The van der Waals surface area contributed by atoms with E-state index in [-0.39, 0.29) is 37.3 Å². The van der Waals surface area contributed by atoms with E-state index in [1.807, 2.05) is 13.0 Å². The average molecular weight is 288 g/mol. The van der Waals surface area contributed by atoms with Crippen LogP contribution in [0.3, 0.4) is 0 Å². The first-order valence-corrected chi connectivity index (χ1v) is 5.65. The first kappa shape index (κ1) is 17.2. The first-order chi connectivity index (χ1) is 8.67. The molecule has 6 nitrogen and oxygen atoms in total. The zero-order valence-electron chi connectivity index (χ0n) is 10.6. The molecule has 1 rings (SSSR count). The van der Waals surface area contributed by atoms with Crippen LogP contribution in [0.4, 0.5) is 5.69 Å². The molecule has 1 aromatic carbocycles. The number of hydrogen-bond acceptors (Lipinski definition) is 4. The quantitative estimate of drug-likeness (QED) is 0.711. The number of ether oxygens (including phenoxy) is 1. The van der Waals surface area contributed by atoms with Crippen LogP contribution in [0.15, 0.2) is 24.3 Å². The van der Waals surface area contributed by atoms with Gasteiger partial charge in [-0.15, -0.1) is 12.4 Å². The fourth-order valence-electron chi connectivity index (χ4n) is 1.30. The molecule has 0 spiro atoms. The lowest BCUT2D eigenvalue weighted by atomic mass is 10.3. The van der Waals surface area contributed by atoms with Gasteiger partial charge in [-0.05, 0) is 19.1 Å². The molecule has 0 saturated heterocycles. The van der Waals surface area contributed by atoms with Gasteiger partial charge in [0.25, 0.3) is 0 Å². The number of benzene rings is 1. The molecule has 0 aliphatic carbocycles. The van der Waals surface area contributed by atoms with Gasteiger partial charge in [0.05, 0.1) is 25.4 Å². The largest absolute Gasteiger partial charge is 0.492 e. The molecule has 0 bridgehead atoms. The molecule has 0 aliphatic rings. The van der Waals surface area contributed by atoms with E-state index in [2.05, 4.69) is 10.6 Å². The minimum atomic E-state index is -0.372. The van der Waals surface area contributed by atoms with E-state index in [0.29, 0.717) is 18.0 Å². The molecule has 19 heavy (non-hydrogen) atoms. The molecule has 4 N–H and O–H groups in total. The Hall–Kier alpha value is -1.79. The zero-order valence-corrected chi connectivity index (χ0v) is 11.5. The second-order valence-electron chi connectivity index (χ2n) is 3.46. The van der Waals surface area contributed by atoms with E-state index < -0.39 is 0 Å². The first-order valence-electron chi connectivity index (χ1n) is 5.65. The molecule has 0 unspecified atom stereocenters. The van der Waals surface area contributed by atoms with E-state index >= 15 is 0 Å². The number of amides is 2. The normalized spacial score (nSPS) is 9.16. The van der Waals surface area contributed by atoms with E-state index in [1.165, 1.54) is 0 Å².